The van der Waals surface area contributed by atoms with E-state index in [1.807, 2.05) is 0 Å². The number of carbonyl (C=O) groups excluding carboxylic acids is 2. The lowest BCUT2D eigenvalue weighted by molar-refractivity contribution is -0.396. The van der Waals surface area contributed by atoms with Crippen LogP contribution in [0.25, 0.3) is 0 Å². The van der Waals surface area contributed by atoms with Crippen LogP contribution in [0.1, 0.15) is 27.1 Å². The molecule has 1 aliphatic heterocycles. The Bertz CT molecular complexity index is 733. The summed E-state index contributed by atoms with van der Waals surface area (Å²) in [7, 11) is 0. The van der Waals surface area contributed by atoms with Crippen molar-refractivity contribution >= 4 is 17.8 Å². The Morgan fingerprint density at radius 2 is 1.73 bits per heavy atom. The van der Waals surface area contributed by atoms with E-state index in [4.69, 9.17) is 0 Å². The molecule has 8 heteroatoms. The number of nitro groups is 1. The lowest BCUT2D eigenvalue weighted by atomic mass is 10.1. The fraction of sp³-hybridized carbons (Fsp3) is 0.214. The van der Waals surface area contributed by atoms with Gasteiger partial charge in [0.05, 0.1) is 17.7 Å². The third kappa shape index (κ3) is 2.24. The largest absolute Gasteiger partial charge is 0.434 e. The number of benzene rings is 1. The molecule has 0 N–H and O–H groups in total. The van der Waals surface area contributed by atoms with Crippen LogP contribution in [0, 0.1) is 10.1 Å². The first-order chi connectivity index (χ1) is 10.6. The fourth-order valence-electron chi connectivity index (χ4n) is 2.49. The Kier molecular flexibility index (Phi) is 3.42. The molecule has 22 heavy (non-hydrogen) atoms. The number of amides is 2. The van der Waals surface area contributed by atoms with E-state index < -0.39 is 4.92 Å². The number of fused-ring (bicyclic) bond motifs is 1. The maximum Gasteiger partial charge on any atom is 0.434 e. The van der Waals surface area contributed by atoms with Crippen molar-refractivity contribution in [3.8, 4) is 0 Å². The Morgan fingerprint density at radius 1 is 1.09 bits per heavy atom. The molecular formula is C14H12N4O4. The second-order valence-electron chi connectivity index (χ2n) is 4.84. The first kappa shape index (κ1) is 13.9. The van der Waals surface area contributed by atoms with E-state index in [0.717, 1.165) is 0 Å². The number of nitrogens with zero attached hydrogens (tertiary/aromatic N) is 4. The summed E-state index contributed by atoms with van der Waals surface area (Å²) < 4.78 is 1.39. The highest BCUT2D eigenvalue weighted by atomic mass is 16.6. The van der Waals surface area contributed by atoms with Crippen LogP contribution < -0.4 is 0 Å². The average molecular weight is 300 g/mol. The second kappa shape index (κ2) is 5.40. The summed E-state index contributed by atoms with van der Waals surface area (Å²) in [4.78, 5) is 39.3. The van der Waals surface area contributed by atoms with Crippen LogP contribution in [-0.4, -0.2) is 37.7 Å². The Balaban J connectivity index is 1.66. The van der Waals surface area contributed by atoms with E-state index in [-0.39, 0.29) is 24.3 Å². The number of hydrogen-bond donors (Lipinski definition) is 0. The molecule has 0 aliphatic carbocycles. The molecule has 3 rings (SSSR count). The van der Waals surface area contributed by atoms with Crippen LogP contribution in [-0.2, 0) is 6.54 Å². The van der Waals surface area contributed by atoms with Gasteiger partial charge in [-0.15, -0.1) is 0 Å². The molecule has 0 bridgehead atoms. The summed E-state index contributed by atoms with van der Waals surface area (Å²) in [6.45, 7) is 0.519. The maximum absolute atomic E-state index is 12.2. The van der Waals surface area contributed by atoms with Crippen molar-refractivity contribution in [3.63, 3.8) is 0 Å². The number of aromatic nitrogens is 2. The van der Waals surface area contributed by atoms with Gasteiger partial charge in [-0.25, -0.2) is 4.57 Å². The van der Waals surface area contributed by atoms with Crippen LogP contribution in [0.5, 0.6) is 0 Å². The number of imidazole rings is 1. The fourth-order valence-corrected chi connectivity index (χ4v) is 2.49. The van der Waals surface area contributed by atoms with Crippen LogP contribution in [0.15, 0.2) is 36.7 Å². The summed E-state index contributed by atoms with van der Waals surface area (Å²) in [6, 6.07) is 6.66. The Morgan fingerprint density at radius 3 is 2.32 bits per heavy atom. The van der Waals surface area contributed by atoms with Crippen molar-refractivity contribution in [2.75, 3.05) is 6.54 Å². The Hall–Kier alpha value is -3.03. The van der Waals surface area contributed by atoms with E-state index in [2.05, 4.69) is 4.98 Å². The van der Waals surface area contributed by atoms with Gasteiger partial charge in [-0.1, -0.05) is 17.1 Å². The summed E-state index contributed by atoms with van der Waals surface area (Å²) in [5, 5.41) is 10.8. The highest BCUT2D eigenvalue weighted by molar-refractivity contribution is 6.21. The lowest BCUT2D eigenvalue weighted by Gasteiger charge is -2.13. The molecule has 2 heterocycles. The molecule has 2 amide bonds. The number of aryl methyl sites for hydroxylation is 1. The van der Waals surface area contributed by atoms with Gasteiger partial charge < -0.3 is 10.1 Å². The maximum atomic E-state index is 12.2. The first-order valence-corrected chi connectivity index (χ1v) is 6.70. The van der Waals surface area contributed by atoms with Crippen LogP contribution in [0.4, 0.5) is 5.95 Å². The lowest BCUT2D eigenvalue weighted by Crippen LogP contribution is -2.31. The zero-order chi connectivity index (χ0) is 15.7. The van der Waals surface area contributed by atoms with Gasteiger partial charge in [0.1, 0.15) is 12.4 Å². The number of hydrogen-bond acceptors (Lipinski definition) is 5. The zero-order valence-electron chi connectivity index (χ0n) is 11.5. The molecule has 1 aromatic heterocycles. The highest BCUT2D eigenvalue weighted by Gasteiger charge is 2.34. The average Bonchev–Trinajstić information content (AvgIpc) is 3.07. The van der Waals surface area contributed by atoms with E-state index in [0.29, 0.717) is 24.1 Å². The highest BCUT2D eigenvalue weighted by Crippen LogP contribution is 2.22. The van der Waals surface area contributed by atoms with Gasteiger partial charge in [0.25, 0.3) is 11.8 Å². The molecule has 0 saturated heterocycles. The molecule has 8 nitrogen and oxygen atoms in total. The second-order valence-corrected chi connectivity index (χ2v) is 4.84. The summed E-state index contributed by atoms with van der Waals surface area (Å²) in [6.07, 6.45) is 3.27. The molecule has 0 atom stereocenters. The number of carbonyl (C=O) groups is 2. The van der Waals surface area contributed by atoms with Gasteiger partial charge in [0.2, 0.25) is 0 Å². The van der Waals surface area contributed by atoms with E-state index in [1.165, 1.54) is 21.9 Å². The predicted octanol–water partition coefficient (Wildman–Crippen LogP) is 1.48. The standard InChI is InChI=1S/C14H12N4O4/c19-12-10-4-1-2-5-11(10)13(20)17(12)8-3-7-16-9-6-15-14(16)18(21)22/h1-2,4-6,9H,3,7-8H2. The SMILES string of the molecule is O=C1c2ccccc2C(=O)N1CCCn1ccnc1[N+](=O)[O-]. The van der Waals surface area contributed by atoms with Gasteiger partial charge in [-0.3, -0.25) is 14.5 Å². The molecule has 0 spiro atoms. The molecular weight excluding hydrogens is 288 g/mol. The summed E-state index contributed by atoms with van der Waals surface area (Å²) in [5.74, 6) is -0.885. The number of rotatable bonds is 5. The topological polar surface area (TPSA) is 98.3 Å². The van der Waals surface area contributed by atoms with Gasteiger partial charge in [-0.2, -0.15) is 0 Å². The van der Waals surface area contributed by atoms with Crippen LogP contribution in [0.3, 0.4) is 0 Å². The Labute approximate surface area is 125 Å². The molecule has 2 aromatic rings. The molecule has 0 radical (unpaired) electrons. The zero-order valence-corrected chi connectivity index (χ0v) is 11.5. The van der Waals surface area contributed by atoms with Crippen molar-refractivity contribution in [3.05, 3.63) is 57.9 Å². The summed E-state index contributed by atoms with van der Waals surface area (Å²) in [5.41, 5.74) is 0.808. The molecule has 112 valence electrons. The molecule has 0 saturated carbocycles. The predicted molar refractivity (Wildman–Crippen MR) is 75.3 cm³/mol. The van der Waals surface area contributed by atoms with Crippen LogP contribution in [0.2, 0.25) is 0 Å². The molecule has 0 unspecified atom stereocenters. The minimum atomic E-state index is -0.567. The van der Waals surface area contributed by atoms with Gasteiger partial charge in [-0.05, 0) is 23.5 Å². The van der Waals surface area contributed by atoms with Gasteiger partial charge in [0.15, 0.2) is 0 Å². The van der Waals surface area contributed by atoms with Crippen molar-refractivity contribution in [2.24, 2.45) is 0 Å². The summed E-state index contributed by atoms with van der Waals surface area (Å²) >= 11 is 0. The molecule has 0 fully saturated rings. The van der Waals surface area contributed by atoms with Crippen molar-refractivity contribution in [2.45, 2.75) is 13.0 Å². The monoisotopic (exact) mass is 300 g/mol. The van der Waals surface area contributed by atoms with Gasteiger partial charge >= 0.3 is 5.95 Å². The van der Waals surface area contributed by atoms with E-state index in [1.54, 1.807) is 24.3 Å². The van der Waals surface area contributed by atoms with Crippen molar-refractivity contribution in [1.29, 1.82) is 0 Å². The minimum absolute atomic E-state index is 0.210. The van der Waals surface area contributed by atoms with Crippen molar-refractivity contribution in [1.82, 2.24) is 14.5 Å². The van der Waals surface area contributed by atoms with Gasteiger partial charge in [0, 0.05) is 6.54 Å². The quantitative estimate of drug-likeness (QED) is 0.473. The van der Waals surface area contributed by atoms with E-state index >= 15 is 0 Å². The third-order valence-electron chi connectivity index (χ3n) is 3.52. The normalized spacial score (nSPS) is 13.5. The first-order valence-electron chi connectivity index (χ1n) is 6.70. The molecule has 1 aliphatic rings. The minimum Gasteiger partial charge on any atom is -0.390 e. The smallest absolute Gasteiger partial charge is 0.390 e. The third-order valence-corrected chi connectivity index (χ3v) is 3.52. The van der Waals surface area contributed by atoms with E-state index in [9.17, 15) is 19.7 Å². The van der Waals surface area contributed by atoms with Crippen LogP contribution >= 0.6 is 0 Å². The molecule has 1 aromatic carbocycles. The van der Waals surface area contributed by atoms with Crippen molar-refractivity contribution < 1.29 is 14.5 Å². The number of imide groups is 1.